The highest BCUT2D eigenvalue weighted by Crippen LogP contribution is 2.33. The van der Waals surface area contributed by atoms with Gasteiger partial charge in [0, 0.05) is 31.6 Å². The van der Waals surface area contributed by atoms with Crippen LogP contribution in [-0.4, -0.2) is 48.6 Å². The Balaban J connectivity index is 1.35. The molecule has 1 unspecified atom stereocenters. The number of hydrogen-bond acceptors (Lipinski definition) is 5. The Hall–Kier alpha value is -2.44. The van der Waals surface area contributed by atoms with Crippen molar-refractivity contribution in [2.75, 3.05) is 32.8 Å². The number of ketones is 1. The quantitative estimate of drug-likeness (QED) is 0.819. The average Bonchev–Trinajstić information content (AvgIpc) is 3.08. The van der Waals surface area contributed by atoms with Gasteiger partial charge >= 0.3 is 0 Å². The molecule has 6 heteroatoms. The van der Waals surface area contributed by atoms with Crippen LogP contribution in [0.1, 0.15) is 28.8 Å². The number of aliphatic hydroxyl groups is 1. The third-order valence-corrected chi connectivity index (χ3v) is 5.23. The molecule has 2 aromatic rings. The van der Waals surface area contributed by atoms with Crippen molar-refractivity contribution in [3.8, 4) is 11.5 Å². The second kappa shape index (κ2) is 7.29. The van der Waals surface area contributed by atoms with Crippen molar-refractivity contribution in [1.82, 2.24) is 4.90 Å². The van der Waals surface area contributed by atoms with Gasteiger partial charge in [0.05, 0.1) is 0 Å². The summed E-state index contributed by atoms with van der Waals surface area (Å²) in [6, 6.07) is 11.2. The van der Waals surface area contributed by atoms with Gasteiger partial charge in [-0.1, -0.05) is 12.1 Å². The zero-order valence-corrected chi connectivity index (χ0v) is 15.0. The van der Waals surface area contributed by atoms with Crippen molar-refractivity contribution in [3.05, 3.63) is 59.4 Å². The first-order valence-corrected chi connectivity index (χ1v) is 9.17. The van der Waals surface area contributed by atoms with Crippen molar-refractivity contribution in [3.63, 3.8) is 0 Å². The van der Waals surface area contributed by atoms with Crippen LogP contribution in [0.5, 0.6) is 11.5 Å². The fourth-order valence-electron chi connectivity index (χ4n) is 3.68. The van der Waals surface area contributed by atoms with E-state index in [1.807, 2.05) is 0 Å². The molecule has 0 aliphatic carbocycles. The first-order valence-electron chi connectivity index (χ1n) is 9.17. The van der Waals surface area contributed by atoms with Crippen molar-refractivity contribution in [1.29, 1.82) is 0 Å². The number of Topliss-reactive ketones (excluding diaryl/α,β-unsaturated/α-hetero) is 1. The third kappa shape index (κ3) is 3.82. The van der Waals surface area contributed by atoms with Crippen LogP contribution in [0.3, 0.4) is 0 Å². The van der Waals surface area contributed by atoms with E-state index >= 15 is 0 Å². The first kappa shape index (κ1) is 17.9. The smallest absolute Gasteiger partial charge is 0.164 e. The van der Waals surface area contributed by atoms with Crippen molar-refractivity contribution < 1.29 is 23.8 Å². The van der Waals surface area contributed by atoms with Crippen molar-refractivity contribution >= 4 is 5.78 Å². The highest BCUT2D eigenvalue weighted by molar-refractivity contribution is 5.96. The molecule has 0 bridgehead atoms. The summed E-state index contributed by atoms with van der Waals surface area (Å²) in [6.45, 7) is 2.71. The van der Waals surface area contributed by atoms with Crippen LogP contribution in [0.25, 0.3) is 0 Å². The number of nitrogens with zero attached hydrogens (tertiary/aromatic N) is 1. The molecule has 2 aliphatic heterocycles. The molecule has 1 atom stereocenters. The molecule has 4 rings (SSSR count). The third-order valence-electron chi connectivity index (χ3n) is 5.23. The predicted octanol–water partition coefficient (Wildman–Crippen LogP) is 2.76. The number of likely N-dealkylation sites (tertiary alicyclic amines) is 1. The van der Waals surface area contributed by atoms with E-state index < -0.39 is 5.60 Å². The van der Waals surface area contributed by atoms with Crippen LogP contribution >= 0.6 is 0 Å². The van der Waals surface area contributed by atoms with Crippen molar-refractivity contribution in [2.24, 2.45) is 0 Å². The van der Waals surface area contributed by atoms with Crippen LogP contribution in [0.4, 0.5) is 4.39 Å². The van der Waals surface area contributed by atoms with Crippen LogP contribution in [0, 0.1) is 5.82 Å². The van der Waals surface area contributed by atoms with Crippen LogP contribution in [-0.2, 0) is 5.60 Å². The SMILES string of the molecule is O=C(CCN1CCC(O)(c2ccc(F)cc2)C1)c1ccc2c(c1)OCCO2. The molecule has 142 valence electrons. The number of carbonyl (C=O) groups is 1. The topological polar surface area (TPSA) is 59.0 Å². The predicted molar refractivity (Wildman–Crippen MR) is 97.7 cm³/mol. The van der Waals surface area contributed by atoms with E-state index in [9.17, 15) is 14.3 Å². The molecule has 2 aromatic carbocycles. The van der Waals surface area contributed by atoms with Gasteiger partial charge in [-0.05, 0) is 42.3 Å². The Bertz CT molecular complexity index is 839. The number of ether oxygens (including phenoxy) is 2. The largest absolute Gasteiger partial charge is 0.486 e. The minimum absolute atomic E-state index is 0.0317. The lowest BCUT2D eigenvalue weighted by Gasteiger charge is -2.24. The lowest BCUT2D eigenvalue weighted by Crippen LogP contribution is -2.31. The molecule has 0 aromatic heterocycles. The van der Waals surface area contributed by atoms with Gasteiger partial charge in [0.25, 0.3) is 0 Å². The molecular weight excluding hydrogens is 349 g/mol. The van der Waals surface area contributed by atoms with Gasteiger partial charge < -0.3 is 14.6 Å². The molecule has 0 saturated carbocycles. The summed E-state index contributed by atoms with van der Waals surface area (Å²) in [5, 5.41) is 10.9. The van der Waals surface area contributed by atoms with Gasteiger partial charge in [0.15, 0.2) is 17.3 Å². The normalized spacial score (nSPS) is 22.0. The maximum Gasteiger partial charge on any atom is 0.164 e. The van der Waals surface area contributed by atoms with Crippen LogP contribution in [0.2, 0.25) is 0 Å². The Morgan fingerprint density at radius 2 is 1.85 bits per heavy atom. The summed E-state index contributed by atoms with van der Waals surface area (Å²) < 4.78 is 24.1. The molecule has 0 amide bonds. The fourth-order valence-corrected chi connectivity index (χ4v) is 3.68. The maximum absolute atomic E-state index is 13.1. The monoisotopic (exact) mass is 371 g/mol. The number of rotatable bonds is 5. The molecule has 1 saturated heterocycles. The van der Waals surface area contributed by atoms with Gasteiger partial charge in [-0.2, -0.15) is 0 Å². The molecule has 0 radical (unpaired) electrons. The second-order valence-corrected chi connectivity index (χ2v) is 7.10. The minimum atomic E-state index is -0.992. The number of carbonyl (C=O) groups excluding carboxylic acids is 1. The molecule has 0 spiro atoms. The highest BCUT2D eigenvalue weighted by atomic mass is 19.1. The van der Waals surface area contributed by atoms with Gasteiger partial charge in [-0.3, -0.25) is 9.69 Å². The van der Waals surface area contributed by atoms with Gasteiger partial charge in [0.1, 0.15) is 24.6 Å². The second-order valence-electron chi connectivity index (χ2n) is 7.10. The Morgan fingerprint density at radius 1 is 1.11 bits per heavy atom. The average molecular weight is 371 g/mol. The molecule has 27 heavy (non-hydrogen) atoms. The molecule has 2 heterocycles. The van der Waals surface area contributed by atoms with Gasteiger partial charge in [0.2, 0.25) is 0 Å². The number of fused-ring (bicyclic) bond motifs is 1. The van der Waals surface area contributed by atoms with Crippen LogP contribution in [0.15, 0.2) is 42.5 Å². The molecule has 2 aliphatic rings. The van der Waals surface area contributed by atoms with Crippen molar-refractivity contribution in [2.45, 2.75) is 18.4 Å². The maximum atomic E-state index is 13.1. The summed E-state index contributed by atoms with van der Waals surface area (Å²) in [7, 11) is 0. The molecular formula is C21H22FNO4. The van der Waals surface area contributed by atoms with Gasteiger partial charge in [-0.15, -0.1) is 0 Å². The van der Waals surface area contributed by atoms with E-state index in [2.05, 4.69) is 4.90 Å². The van der Waals surface area contributed by atoms with E-state index in [0.29, 0.717) is 68.3 Å². The molecule has 5 nitrogen and oxygen atoms in total. The zero-order valence-electron chi connectivity index (χ0n) is 15.0. The Morgan fingerprint density at radius 3 is 2.63 bits per heavy atom. The molecule has 1 N–H and O–H groups in total. The molecule has 1 fully saturated rings. The number of benzene rings is 2. The number of hydrogen-bond donors (Lipinski definition) is 1. The minimum Gasteiger partial charge on any atom is -0.486 e. The summed E-state index contributed by atoms with van der Waals surface area (Å²) in [6.07, 6.45) is 0.927. The highest BCUT2D eigenvalue weighted by Gasteiger charge is 2.37. The number of halogens is 1. The first-order chi connectivity index (χ1) is 13.0. The summed E-state index contributed by atoms with van der Waals surface area (Å²) in [5.41, 5.74) is 0.324. The summed E-state index contributed by atoms with van der Waals surface area (Å²) in [4.78, 5) is 14.6. The lowest BCUT2D eigenvalue weighted by molar-refractivity contribution is 0.0457. The number of β-amino-alcohol motifs (C(OH)–C–C–N with tert-alkyl or cyclic N) is 1. The Labute approximate surface area is 157 Å². The summed E-state index contributed by atoms with van der Waals surface area (Å²) in [5.74, 6) is 0.993. The van der Waals surface area contributed by atoms with Gasteiger partial charge in [-0.25, -0.2) is 4.39 Å². The van der Waals surface area contributed by atoms with Crippen LogP contribution < -0.4 is 9.47 Å². The van der Waals surface area contributed by atoms with E-state index in [1.165, 1.54) is 12.1 Å². The van der Waals surface area contributed by atoms with E-state index in [4.69, 9.17) is 9.47 Å². The zero-order chi connectivity index (χ0) is 18.9. The lowest BCUT2D eigenvalue weighted by atomic mass is 9.93. The fraction of sp³-hybridized carbons (Fsp3) is 0.381. The summed E-state index contributed by atoms with van der Waals surface area (Å²) >= 11 is 0. The van der Waals surface area contributed by atoms with E-state index in [1.54, 1.807) is 30.3 Å². The van der Waals surface area contributed by atoms with E-state index in [0.717, 1.165) is 0 Å². The van der Waals surface area contributed by atoms with E-state index in [-0.39, 0.29) is 11.6 Å². The Kier molecular flexibility index (Phi) is 4.85. The standard InChI is InChI=1S/C21H22FNO4/c22-17-4-2-16(3-5-17)21(25)8-10-23(14-21)9-7-18(24)15-1-6-19-20(13-15)27-12-11-26-19/h1-6,13,25H,7-12,14H2.